The van der Waals surface area contributed by atoms with Gasteiger partial charge in [0, 0.05) is 11.5 Å². The van der Waals surface area contributed by atoms with Gasteiger partial charge in [-0.05, 0) is 88.5 Å². The van der Waals surface area contributed by atoms with E-state index in [1.165, 1.54) is 5.56 Å². The van der Waals surface area contributed by atoms with E-state index < -0.39 is 0 Å². The maximum atomic E-state index is 13.6. The summed E-state index contributed by atoms with van der Waals surface area (Å²) in [6.45, 7) is 11.6. The molecule has 0 bridgehead atoms. The van der Waals surface area contributed by atoms with E-state index in [2.05, 4.69) is 83.9 Å². The fourth-order valence-electron chi connectivity index (χ4n) is 6.92. The number of anilines is 1. The van der Waals surface area contributed by atoms with Crippen LogP contribution >= 0.6 is 0 Å². The van der Waals surface area contributed by atoms with Gasteiger partial charge in [-0.25, -0.2) is 9.48 Å². The number of aromatic nitrogens is 5. The van der Waals surface area contributed by atoms with Crippen molar-refractivity contribution in [3.63, 3.8) is 0 Å². The first kappa shape index (κ1) is 30.9. The first-order chi connectivity index (χ1) is 22.6. The summed E-state index contributed by atoms with van der Waals surface area (Å²) in [7, 11) is 2.15. The van der Waals surface area contributed by atoms with Gasteiger partial charge in [-0.15, -0.1) is 10.2 Å². The monoisotopic (exact) mass is 632 g/mol. The second-order valence-electron chi connectivity index (χ2n) is 14.0. The molecule has 244 valence electrons. The van der Waals surface area contributed by atoms with Gasteiger partial charge in [-0.1, -0.05) is 62.7 Å². The number of carbonyl (C=O) groups excluding carboxylic acids is 1. The van der Waals surface area contributed by atoms with Crippen LogP contribution in [0.3, 0.4) is 0 Å². The number of nitrogens with zero attached hydrogens (tertiary/aromatic N) is 6. The molecule has 2 amide bonds. The molecule has 3 atom stereocenters. The molecule has 10 heteroatoms. The molecule has 1 fully saturated rings. The highest BCUT2D eigenvalue weighted by Gasteiger charge is 2.32. The number of ether oxygens (including phenoxy) is 1. The third kappa shape index (κ3) is 5.98. The van der Waals surface area contributed by atoms with Crippen LogP contribution in [0, 0.1) is 13.8 Å². The quantitative estimate of drug-likeness (QED) is 0.203. The minimum Gasteiger partial charge on any atom is -0.484 e. The SMILES string of the molecule is Cc1ccc(-n2nc(C(C)(C)C)cc2NC(=O)N[C@H]2CC[C@@H](Oc3ccc4nnc([C@@H]5CCCN5C)n4c3C)c3ccccc32)cc1. The number of hydrogen-bond acceptors (Lipinski definition) is 6. The molecule has 5 aromatic rings. The molecule has 1 saturated heterocycles. The van der Waals surface area contributed by atoms with Gasteiger partial charge in [-0.2, -0.15) is 5.10 Å². The topological polar surface area (TPSA) is 102 Å². The zero-order chi connectivity index (χ0) is 32.9. The Morgan fingerprint density at radius 1 is 0.936 bits per heavy atom. The molecule has 4 heterocycles. The molecule has 1 aliphatic carbocycles. The zero-order valence-electron chi connectivity index (χ0n) is 28.1. The number of nitrogens with one attached hydrogen (secondary N) is 2. The first-order valence-electron chi connectivity index (χ1n) is 16.6. The maximum Gasteiger partial charge on any atom is 0.320 e. The Morgan fingerprint density at radius 2 is 1.70 bits per heavy atom. The Morgan fingerprint density at radius 3 is 2.43 bits per heavy atom. The maximum absolute atomic E-state index is 13.6. The van der Waals surface area contributed by atoms with Crippen LogP contribution in [0.4, 0.5) is 10.6 Å². The molecule has 2 aromatic carbocycles. The molecular formula is C37H44N8O2. The van der Waals surface area contributed by atoms with E-state index in [1.54, 1.807) is 0 Å². The first-order valence-corrected chi connectivity index (χ1v) is 16.6. The average Bonchev–Trinajstić information content (AvgIpc) is 3.78. The smallest absolute Gasteiger partial charge is 0.320 e. The van der Waals surface area contributed by atoms with Crippen molar-refractivity contribution in [3.8, 4) is 11.4 Å². The largest absolute Gasteiger partial charge is 0.484 e. The molecule has 2 N–H and O–H groups in total. The van der Waals surface area contributed by atoms with Crippen LogP contribution in [0.15, 0.2) is 66.7 Å². The highest BCUT2D eigenvalue weighted by Crippen LogP contribution is 2.40. The van der Waals surface area contributed by atoms with E-state index in [0.29, 0.717) is 5.82 Å². The summed E-state index contributed by atoms with van der Waals surface area (Å²) in [5.74, 6) is 2.42. The lowest BCUT2D eigenvalue weighted by Gasteiger charge is -2.32. The molecule has 10 nitrogen and oxygen atoms in total. The van der Waals surface area contributed by atoms with Crippen molar-refractivity contribution in [2.45, 2.75) is 83.9 Å². The van der Waals surface area contributed by atoms with Crippen molar-refractivity contribution in [1.29, 1.82) is 0 Å². The normalized spacial score (nSPS) is 19.9. The second kappa shape index (κ2) is 12.2. The minimum absolute atomic E-state index is 0.144. The van der Waals surface area contributed by atoms with Crippen molar-refractivity contribution < 1.29 is 9.53 Å². The predicted octanol–water partition coefficient (Wildman–Crippen LogP) is 7.37. The Labute approximate surface area is 276 Å². The van der Waals surface area contributed by atoms with E-state index in [4.69, 9.17) is 9.84 Å². The Balaban J connectivity index is 1.11. The lowest BCUT2D eigenvalue weighted by atomic mass is 9.85. The van der Waals surface area contributed by atoms with Crippen LogP contribution in [-0.4, -0.2) is 48.9 Å². The summed E-state index contributed by atoms with van der Waals surface area (Å²) in [4.78, 5) is 15.9. The standard InChI is InChI=1S/C37H44N8O2/c1-23-13-15-25(16-14-23)45-34(22-32(42-45)37(3,4)5)39-36(46)38-28-17-18-31(27-11-8-7-10-26(27)28)47-30-19-20-33-40-41-35(44(33)24(30)2)29-12-9-21-43(29)6/h7-8,10-11,13-16,19-20,22,28-29,31H,9,12,17-18,21H2,1-6H3,(H2,38,39,46)/t28-,29-,31+/m0/s1. The number of pyridine rings is 1. The van der Waals surface area contributed by atoms with Crippen molar-refractivity contribution >= 4 is 17.5 Å². The number of amides is 2. The number of aryl methyl sites for hydroxylation is 2. The summed E-state index contributed by atoms with van der Waals surface area (Å²) in [6, 6.07) is 22.2. The average molecular weight is 633 g/mol. The Kier molecular flexibility index (Phi) is 8.00. The predicted molar refractivity (Wildman–Crippen MR) is 183 cm³/mol. The fraction of sp³-hybridized carbons (Fsp3) is 0.405. The van der Waals surface area contributed by atoms with Gasteiger partial charge < -0.3 is 10.1 Å². The van der Waals surface area contributed by atoms with E-state index in [1.807, 2.05) is 59.3 Å². The van der Waals surface area contributed by atoms with Crippen molar-refractivity contribution in [3.05, 3.63) is 101 Å². The number of carbonyl (C=O) groups is 1. The van der Waals surface area contributed by atoms with Crippen molar-refractivity contribution in [2.75, 3.05) is 18.9 Å². The van der Waals surface area contributed by atoms with Crippen LogP contribution < -0.4 is 15.4 Å². The summed E-state index contributed by atoms with van der Waals surface area (Å²) in [5, 5.41) is 20.3. The van der Waals surface area contributed by atoms with Crippen LogP contribution in [0.1, 0.15) is 98.5 Å². The summed E-state index contributed by atoms with van der Waals surface area (Å²) in [5.41, 5.74) is 6.78. The van der Waals surface area contributed by atoms with E-state index in [-0.39, 0.29) is 29.6 Å². The van der Waals surface area contributed by atoms with Crippen LogP contribution in [0.25, 0.3) is 11.3 Å². The molecule has 0 spiro atoms. The summed E-state index contributed by atoms with van der Waals surface area (Å²) < 4.78 is 10.7. The number of urea groups is 1. The zero-order valence-corrected chi connectivity index (χ0v) is 28.1. The fourth-order valence-corrected chi connectivity index (χ4v) is 6.92. The van der Waals surface area contributed by atoms with Gasteiger partial charge in [0.15, 0.2) is 11.5 Å². The molecular weight excluding hydrogens is 588 g/mol. The molecule has 0 radical (unpaired) electrons. The highest BCUT2D eigenvalue weighted by atomic mass is 16.5. The summed E-state index contributed by atoms with van der Waals surface area (Å²) in [6.07, 6.45) is 3.59. The lowest BCUT2D eigenvalue weighted by molar-refractivity contribution is 0.170. The number of rotatable bonds is 6. The number of hydrogen-bond donors (Lipinski definition) is 2. The van der Waals surface area contributed by atoms with Gasteiger partial charge in [0.05, 0.1) is 29.2 Å². The van der Waals surface area contributed by atoms with Gasteiger partial charge in [0.25, 0.3) is 0 Å². The lowest BCUT2D eigenvalue weighted by Crippen LogP contribution is -2.36. The molecule has 7 rings (SSSR count). The Bertz CT molecular complexity index is 1920. The number of benzene rings is 2. The van der Waals surface area contributed by atoms with Crippen LogP contribution in [0.2, 0.25) is 0 Å². The van der Waals surface area contributed by atoms with E-state index in [9.17, 15) is 4.79 Å². The summed E-state index contributed by atoms with van der Waals surface area (Å²) >= 11 is 0. The number of fused-ring (bicyclic) bond motifs is 2. The highest BCUT2D eigenvalue weighted by molar-refractivity contribution is 5.89. The van der Waals surface area contributed by atoms with Crippen molar-refractivity contribution in [2.24, 2.45) is 0 Å². The van der Waals surface area contributed by atoms with Crippen molar-refractivity contribution in [1.82, 2.24) is 34.6 Å². The van der Waals surface area contributed by atoms with Gasteiger partial charge in [0.1, 0.15) is 17.7 Å². The molecule has 0 unspecified atom stereocenters. The van der Waals surface area contributed by atoms with Crippen LogP contribution in [0.5, 0.6) is 5.75 Å². The second-order valence-corrected chi connectivity index (χ2v) is 14.0. The molecule has 0 saturated carbocycles. The van der Waals surface area contributed by atoms with Gasteiger partial charge >= 0.3 is 6.03 Å². The molecule has 3 aromatic heterocycles. The molecule has 1 aliphatic heterocycles. The van der Waals surface area contributed by atoms with Gasteiger partial charge in [0.2, 0.25) is 0 Å². The number of likely N-dealkylation sites (tertiary alicyclic amines) is 1. The minimum atomic E-state index is -0.267. The van der Waals surface area contributed by atoms with Gasteiger partial charge in [-0.3, -0.25) is 14.6 Å². The van der Waals surface area contributed by atoms with Crippen LogP contribution in [-0.2, 0) is 5.41 Å². The molecule has 47 heavy (non-hydrogen) atoms. The third-order valence-corrected chi connectivity index (χ3v) is 9.62. The third-order valence-electron chi connectivity index (χ3n) is 9.62. The molecule has 2 aliphatic rings. The Hall–Kier alpha value is -4.70. The van der Waals surface area contributed by atoms with E-state index >= 15 is 0 Å². The van der Waals surface area contributed by atoms with E-state index in [0.717, 1.165) is 77.7 Å².